The molecule has 1 aromatic heterocycles. The molecular weight excluding hydrogens is 326 g/mol. The second-order valence-corrected chi connectivity index (χ2v) is 6.15. The summed E-state index contributed by atoms with van der Waals surface area (Å²) in [5.41, 5.74) is 6.17. The first kappa shape index (κ1) is 18.0. The zero-order chi connectivity index (χ0) is 17.4. The number of nitrogens with two attached hydrogens (primary N) is 1. The molecule has 24 heavy (non-hydrogen) atoms. The van der Waals surface area contributed by atoms with Crippen LogP contribution in [0.3, 0.4) is 0 Å². The van der Waals surface area contributed by atoms with E-state index in [-0.39, 0.29) is 24.9 Å². The minimum Gasteiger partial charge on any atom is -0.496 e. The van der Waals surface area contributed by atoms with Crippen LogP contribution >= 0.6 is 11.3 Å². The predicted molar refractivity (Wildman–Crippen MR) is 93.6 cm³/mol. The van der Waals surface area contributed by atoms with Crippen molar-refractivity contribution in [1.29, 1.82) is 0 Å². The first-order valence-corrected chi connectivity index (χ1v) is 8.40. The van der Waals surface area contributed by atoms with Gasteiger partial charge in [0, 0.05) is 17.0 Å². The van der Waals surface area contributed by atoms with Crippen LogP contribution in [0.25, 0.3) is 0 Å². The molecule has 0 unspecified atom stereocenters. The number of nitrogens with one attached hydrogen (secondary N) is 1. The van der Waals surface area contributed by atoms with Crippen molar-refractivity contribution < 1.29 is 14.3 Å². The Hall–Kier alpha value is -2.38. The van der Waals surface area contributed by atoms with Crippen molar-refractivity contribution in [3.05, 3.63) is 52.2 Å². The molecule has 7 heteroatoms. The topological polar surface area (TPSA) is 84.7 Å². The highest BCUT2D eigenvalue weighted by Gasteiger charge is 2.17. The summed E-state index contributed by atoms with van der Waals surface area (Å²) < 4.78 is 5.36. The maximum Gasteiger partial charge on any atom is 0.242 e. The second kappa shape index (κ2) is 9.05. The Balaban J connectivity index is 2.12. The van der Waals surface area contributed by atoms with E-state index in [1.807, 2.05) is 41.8 Å². The molecule has 6 nitrogen and oxygen atoms in total. The minimum absolute atomic E-state index is 0.0729. The Bertz CT molecular complexity index is 673. The largest absolute Gasteiger partial charge is 0.496 e. The lowest BCUT2D eigenvalue weighted by molar-refractivity contribution is -0.133. The first-order valence-electron chi connectivity index (χ1n) is 7.53. The van der Waals surface area contributed by atoms with Crippen LogP contribution in [0.2, 0.25) is 0 Å². The van der Waals surface area contributed by atoms with Gasteiger partial charge < -0.3 is 20.7 Å². The van der Waals surface area contributed by atoms with Crippen LogP contribution in [0.4, 0.5) is 0 Å². The van der Waals surface area contributed by atoms with Gasteiger partial charge in [0.1, 0.15) is 5.75 Å². The average Bonchev–Trinajstić information content (AvgIpc) is 3.12. The van der Waals surface area contributed by atoms with Crippen LogP contribution < -0.4 is 15.8 Å². The van der Waals surface area contributed by atoms with Crippen molar-refractivity contribution in [2.75, 3.05) is 20.2 Å². The Kier molecular flexibility index (Phi) is 6.77. The highest BCUT2D eigenvalue weighted by Crippen LogP contribution is 2.21. The van der Waals surface area contributed by atoms with Gasteiger partial charge in [-0.05, 0) is 17.5 Å². The van der Waals surface area contributed by atoms with E-state index < -0.39 is 0 Å². The van der Waals surface area contributed by atoms with Crippen LogP contribution in [-0.2, 0) is 22.7 Å². The van der Waals surface area contributed by atoms with Crippen LogP contribution in [0, 0.1) is 0 Å². The Morgan fingerprint density at radius 3 is 2.67 bits per heavy atom. The zero-order valence-corrected chi connectivity index (χ0v) is 14.3. The smallest absolute Gasteiger partial charge is 0.242 e. The van der Waals surface area contributed by atoms with E-state index in [1.165, 1.54) is 0 Å². The number of thiophene rings is 1. The van der Waals surface area contributed by atoms with Crippen LogP contribution in [0.1, 0.15) is 10.4 Å². The van der Waals surface area contributed by atoms with Gasteiger partial charge in [-0.3, -0.25) is 9.59 Å². The van der Waals surface area contributed by atoms with Gasteiger partial charge in [-0.15, -0.1) is 11.3 Å². The molecule has 0 atom stereocenters. The van der Waals surface area contributed by atoms with E-state index in [4.69, 9.17) is 10.5 Å². The number of hydrogen-bond donors (Lipinski definition) is 2. The Morgan fingerprint density at radius 1 is 1.21 bits per heavy atom. The number of amides is 2. The average molecular weight is 347 g/mol. The molecule has 128 valence electrons. The molecule has 2 aromatic rings. The lowest BCUT2D eigenvalue weighted by Crippen LogP contribution is -2.41. The molecule has 2 amide bonds. The number of nitrogens with zero attached hydrogens (tertiary/aromatic N) is 1. The van der Waals surface area contributed by atoms with Crippen molar-refractivity contribution in [2.24, 2.45) is 5.73 Å². The summed E-state index contributed by atoms with van der Waals surface area (Å²) in [5, 5.41) is 4.49. The van der Waals surface area contributed by atoms with E-state index in [9.17, 15) is 9.59 Å². The zero-order valence-electron chi connectivity index (χ0n) is 13.5. The second-order valence-electron chi connectivity index (χ2n) is 5.12. The number of ether oxygens (including phenoxy) is 1. The monoisotopic (exact) mass is 347 g/mol. The molecule has 0 spiro atoms. The highest BCUT2D eigenvalue weighted by atomic mass is 32.1. The molecule has 1 heterocycles. The standard InChI is InChI=1S/C17H21N3O3S/c1-23-15-7-3-2-5-13(15)11-20(12-14-6-4-8-24-14)17(22)10-19-16(21)9-18/h2-8H,9-12,18H2,1H3,(H,19,21). The molecule has 2 rings (SSSR count). The molecule has 0 saturated carbocycles. The third kappa shape index (κ3) is 5.07. The van der Waals surface area contributed by atoms with Crippen LogP contribution in [-0.4, -0.2) is 36.9 Å². The van der Waals surface area contributed by atoms with Crippen molar-refractivity contribution in [3.63, 3.8) is 0 Å². The molecule has 0 bridgehead atoms. The predicted octanol–water partition coefficient (Wildman–Crippen LogP) is 1.36. The number of methoxy groups -OCH3 is 1. The normalized spacial score (nSPS) is 10.2. The summed E-state index contributed by atoms with van der Waals surface area (Å²) in [6, 6.07) is 11.5. The highest BCUT2D eigenvalue weighted by molar-refractivity contribution is 7.09. The SMILES string of the molecule is COc1ccccc1CN(Cc1cccs1)C(=O)CNC(=O)CN. The van der Waals surface area contributed by atoms with Gasteiger partial charge in [0.05, 0.1) is 26.7 Å². The van der Waals surface area contributed by atoms with Crippen LogP contribution in [0.5, 0.6) is 5.75 Å². The van der Waals surface area contributed by atoms with Gasteiger partial charge in [0.2, 0.25) is 11.8 Å². The van der Waals surface area contributed by atoms with Crippen LogP contribution in [0.15, 0.2) is 41.8 Å². The van der Waals surface area contributed by atoms with Gasteiger partial charge in [-0.25, -0.2) is 0 Å². The van der Waals surface area contributed by atoms with E-state index >= 15 is 0 Å². The third-order valence-corrected chi connectivity index (χ3v) is 4.32. The fourth-order valence-corrected chi connectivity index (χ4v) is 2.94. The summed E-state index contributed by atoms with van der Waals surface area (Å²) >= 11 is 1.59. The molecule has 0 aliphatic rings. The minimum atomic E-state index is -0.350. The fraction of sp³-hybridized carbons (Fsp3) is 0.294. The summed E-state index contributed by atoms with van der Waals surface area (Å²) in [6.45, 7) is 0.674. The lowest BCUT2D eigenvalue weighted by atomic mass is 10.2. The van der Waals surface area contributed by atoms with E-state index in [2.05, 4.69) is 5.32 Å². The number of rotatable bonds is 8. The molecule has 0 radical (unpaired) electrons. The van der Waals surface area contributed by atoms with Gasteiger partial charge in [0.25, 0.3) is 0 Å². The number of hydrogen-bond acceptors (Lipinski definition) is 5. The molecule has 0 aliphatic heterocycles. The molecule has 0 fully saturated rings. The molecule has 3 N–H and O–H groups in total. The van der Waals surface area contributed by atoms with Gasteiger partial charge in [-0.1, -0.05) is 24.3 Å². The third-order valence-electron chi connectivity index (χ3n) is 3.46. The van der Waals surface area contributed by atoms with Crippen molar-refractivity contribution >= 4 is 23.2 Å². The first-order chi connectivity index (χ1) is 11.6. The van der Waals surface area contributed by atoms with E-state index in [0.29, 0.717) is 13.1 Å². The Morgan fingerprint density at radius 2 is 2.00 bits per heavy atom. The number of carbonyl (C=O) groups excluding carboxylic acids is 2. The summed E-state index contributed by atoms with van der Waals surface area (Å²) in [5.74, 6) is 0.209. The molecular formula is C17H21N3O3S. The van der Waals surface area contributed by atoms with Gasteiger partial charge in [0.15, 0.2) is 0 Å². The lowest BCUT2D eigenvalue weighted by Gasteiger charge is -2.23. The summed E-state index contributed by atoms with van der Waals surface area (Å²) in [6.07, 6.45) is 0. The number of para-hydroxylation sites is 1. The molecule has 0 aliphatic carbocycles. The van der Waals surface area contributed by atoms with Crippen molar-refractivity contribution in [1.82, 2.24) is 10.2 Å². The molecule has 0 saturated heterocycles. The van der Waals surface area contributed by atoms with Gasteiger partial charge in [-0.2, -0.15) is 0 Å². The molecule has 1 aromatic carbocycles. The number of carbonyl (C=O) groups is 2. The Labute approximate surface area is 145 Å². The van der Waals surface area contributed by atoms with E-state index in [1.54, 1.807) is 23.3 Å². The fourth-order valence-electron chi connectivity index (χ4n) is 2.22. The van der Waals surface area contributed by atoms with Gasteiger partial charge >= 0.3 is 0 Å². The van der Waals surface area contributed by atoms with Crippen molar-refractivity contribution in [3.8, 4) is 5.75 Å². The summed E-state index contributed by atoms with van der Waals surface area (Å²) in [4.78, 5) is 26.6. The quantitative estimate of drug-likeness (QED) is 0.755. The number of benzene rings is 1. The van der Waals surface area contributed by atoms with E-state index in [0.717, 1.165) is 16.2 Å². The maximum atomic E-state index is 12.5. The maximum absolute atomic E-state index is 12.5. The summed E-state index contributed by atoms with van der Waals surface area (Å²) in [7, 11) is 1.60. The van der Waals surface area contributed by atoms with Crippen molar-refractivity contribution in [2.45, 2.75) is 13.1 Å².